The van der Waals surface area contributed by atoms with Gasteiger partial charge in [-0.1, -0.05) is 19.8 Å². The Morgan fingerprint density at radius 2 is 2.03 bits per heavy atom. The molecule has 0 radical (unpaired) electrons. The zero-order valence-corrected chi connectivity index (χ0v) is 17.5. The van der Waals surface area contributed by atoms with Crippen molar-refractivity contribution in [1.82, 2.24) is 10.2 Å². The lowest BCUT2D eigenvalue weighted by Gasteiger charge is -2.32. The molecule has 0 bridgehead atoms. The molecule has 1 aliphatic rings. The lowest BCUT2D eigenvalue weighted by Crippen LogP contribution is -2.26. The fraction of sp³-hybridized carbons (Fsp3) is 0.458. The molecular weight excluding hydrogens is 364 g/mol. The number of aromatic nitrogens is 2. The molecule has 0 unspecified atom stereocenters. The van der Waals surface area contributed by atoms with Gasteiger partial charge in [0.25, 0.3) is 0 Å². The van der Waals surface area contributed by atoms with E-state index in [2.05, 4.69) is 42.0 Å². The summed E-state index contributed by atoms with van der Waals surface area (Å²) < 4.78 is 10.7. The van der Waals surface area contributed by atoms with Crippen molar-refractivity contribution in [2.75, 3.05) is 13.2 Å². The van der Waals surface area contributed by atoms with Crippen LogP contribution in [0.25, 0.3) is 0 Å². The molecule has 3 rings (SSSR count). The van der Waals surface area contributed by atoms with Crippen LogP contribution < -0.4 is 4.74 Å². The van der Waals surface area contributed by atoms with Gasteiger partial charge in [0, 0.05) is 17.5 Å². The van der Waals surface area contributed by atoms with Crippen LogP contribution in [-0.4, -0.2) is 29.4 Å². The van der Waals surface area contributed by atoms with Crippen molar-refractivity contribution in [2.45, 2.75) is 58.3 Å². The van der Waals surface area contributed by atoms with E-state index in [9.17, 15) is 4.79 Å². The molecule has 0 aliphatic carbocycles. The third-order valence-electron chi connectivity index (χ3n) is 5.12. The van der Waals surface area contributed by atoms with Crippen LogP contribution in [0.4, 0.5) is 0 Å². The summed E-state index contributed by atoms with van der Waals surface area (Å²) in [5.74, 6) is 7.10. The molecular formula is C24H28N2O3. The summed E-state index contributed by atoms with van der Waals surface area (Å²) in [5.41, 5.74) is 3.81. The van der Waals surface area contributed by atoms with Crippen LogP contribution in [0.3, 0.4) is 0 Å². The summed E-state index contributed by atoms with van der Waals surface area (Å²) in [6.07, 6.45) is 3.92. The number of hydrogen-bond acceptors (Lipinski definition) is 5. The first-order chi connectivity index (χ1) is 14.0. The zero-order valence-electron chi connectivity index (χ0n) is 17.5. The minimum absolute atomic E-state index is 0.0972. The number of carbonyl (C=O) groups excluding carboxylic acids is 1. The number of nitrogens with zero attached hydrogens (tertiary/aromatic N) is 2. The van der Waals surface area contributed by atoms with Gasteiger partial charge < -0.3 is 9.47 Å². The normalized spacial score (nSPS) is 14.2. The van der Waals surface area contributed by atoms with Crippen molar-refractivity contribution in [3.05, 3.63) is 52.8 Å². The Bertz CT molecular complexity index is 908. The second kappa shape index (κ2) is 9.56. The molecule has 1 aromatic heterocycles. The maximum Gasteiger partial charge on any atom is 0.305 e. The van der Waals surface area contributed by atoms with Crippen LogP contribution >= 0.6 is 0 Å². The molecule has 29 heavy (non-hydrogen) atoms. The summed E-state index contributed by atoms with van der Waals surface area (Å²) >= 11 is 0. The van der Waals surface area contributed by atoms with Crippen molar-refractivity contribution in [3.8, 4) is 17.6 Å². The number of rotatable bonds is 6. The molecule has 2 heterocycles. The number of unbranched alkanes of at least 4 members (excludes halogenated alkanes) is 1. The number of fused-ring (bicyclic) bond motifs is 1. The summed E-state index contributed by atoms with van der Waals surface area (Å²) in [6.45, 7) is 7.49. The molecule has 0 atom stereocenters. The Morgan fingerprint density at radius 1 is 1.17 bits per heavy atom. The van der Waals surface area contributed by atoms with Gasteiger partial charge in [0.2, 0.25) is 0 Å². The molecule has 0 N–H and O–H groups in total. The third-order valence-corrected chi connectivity index (χ3v) is 5.12. The van der Waals surface area contributed by atoms with E-state index in [1.807, 2.05) is 31.2 Å². The van der Waals surface area contributed by atoms with E-state index in [-0.39, 0.29) is 11.4 Å². The zero-order chi connectivity index (χ0) is 20.7. The third kappa shape index (κ3) is 5.80. The van der Waals surface area contributed by atoms with Crippen LogP contribution in [0.15, 0.2) is 30.3 Å². The van der Waals surface area contributed by atoms with Gasteiger partial charge in [-0.05, 0) is 74.3 Å². The molecule has 1 aliphatic heterocycles. The standard InChI is InChI=1S/C24H28N2O3/c1-4-28-23(27)8-6-5-7-19-12-13-20(26-25-19)11-9-18-10-14-22-21(17-18)24(2,3)15-16-29-22/h10,12-14,17H,4-8,15-16H2,1-3H3. The summed E-state index contributed by atoms with van der Waals surface area (Å²) in [6, 6.07) is 9.95. The Labute approximate surface area is 172 Å². The number of carbonyl (C=O) groups is 1. The molecule has 1 aromatic carbocycles. The van der Waals surface area contributed by atoms with Gasteiger partial charge >= 0.3 is 5.97 Å². The van der Waals surface area contributed by atoms with Crippen LogP contribution in [0, 0.1) is 11.8 Å². The van der Waals surface area contributed by atoms with Crippen molar-refractivity contribution in [1.29, 1.82) is 0 Å². The Balaban J connectivity index is 1.57. The van der Waals surface area contributed by atoms with Crippen molar-refractivity contribution < 1.29 is 14.3 Å². The number of hydrogen-bond donors (Lipinski definition) is 0. The lowest BCUT2D eigenvalue weighted by molar-refractivity contribution is -0.143. The molecule has 152 valence electrons. The average Bonchev–Trinajstić information content (AvgIpc) is 2.71. The SMILES string of the molecule is CCOC(=O)CCCCc1ccc(C#Cc2ccc3c(c2)C(C)(C)CCO3)nn1. The quantitative estimate of drug-likeness (QED) is 0.419. The summed E-state index contributed by atoms with van der Waals surface area (Å²) in [4.78, 5) is 11.3. The van der Waals surface area contributed by atoms with Gasteiger partial charge in [-0.3, -0.25) is 4.79 Å². The molecule has 0 saturated carbocycles. The van der Waals surface area contributed by atoms with E-state index in [1.165, 1.54) is 5.56 Å². The highest BCUT2D eigenvalue weighted by atomic mass is 16.5. The average molecular weight is 392 g/mol. The Hall–Kier alpha value is -2.87. The van der Waals surface area contributed by atoms with E-state index >= 15 is 0 Å². The fourth-order valence-electron chi connectivity index (χ4n) is 3.32. The molecule has 5 nitrogen and oxygen atoms in total. The second-order valence-electron chi connectivity index (χ2n) is 7.87. The minimum Gasteiger partial charge on any atom is -0.493 e. The molecule has 0 amide bonds. The van der Waals surface area contributed by atoms with Crippen LogP contribution in [-0.2, 0) is 21.4 Å². The van der Waals surface area contributed by atoms with Gasteiger partial charge in [-0.25, -0.2) is 0 Å². The first-order valence-electron chi connectivity index (χ1n) is 10.3. The number of esters is 1. The number of ether oxygens (including phenoxy) is 2. The largest absolute Gasteiger partial charge is 0.493 e. The van der Waals surface area contributed by atoms with E-state index in [1.54, 1.807) is 0 Å². The first kappa shape index (κ1) is 20.9. The number of benzene rings is 1. The maximum absolute atomic E-state index is 11.3. The van der Waals surface area contributed by atoms with Crippen LogP contribution in [0.5, 0.6) is 5.75 Å². The predicted molar refractivity (Wildman–Crippen MR) is 112 cm³/mol. The molecule has 0 spiro atoms. The summed E-state index contributed by atoms with van der Waals surface area (Å²) in [7, 11) is 0. The van der Waals surface area contributed by atoms with E-state index in [0.29, 0.717) is 18.7 Å². The van der Waals surface area contributed by atoms with Gasteiger partial charge in [0.15, 0.2) is 0 Å². The Kier molecular flexibility index (Phi) is 6.87. The monoisotopic (exact) mass is 392 g/mol. The highest BCUT2D eigenvalue weighted by Crippen LogP contribution is 2.38. The van der Waals surface area contributed by atoms with Crippen molar-refractivity contribution in [3.63, 3.8) is 0 Å². The van der Waals surface area contributed by atoms with Crippen LogP contribution in [0.1, 0.15) is 69.0 Å². The second-order valence-corrected chi connectivity index (χ2v) is 7.87. The summed E-state index contributed by atoms with van der Waals surface area (Å²) in [5, 5.41) is 8.46. The maximum atomic E-state index is 11.3. The van der Waals surface area contributed by atoms with Gasteiger partial charge in [-0.2, -0.15) is 5.10 Å². The molecule has 5 heteroatoms. The van der Waals surface area contributed by atoms with Crippen molar-refractivity contribution >= 4 is 5.97 Å². The van der Waals surface area contributed by atoms with E-state index in [4.69, 9.17) is 9.47 Å². The minimum atomic E-state index is -0.138. The van der Waals surface area contributed by atoms with E-state index < -0.39 is 0 Å². The lowest BCUT2D eigenvalue weighted by atomic mass is 9.79. The highest BCUT2D eigenvalue weighted by Gasteiger charge is 2.28. The van der Waals surface area contributed by atoms with Crippen LogP contribution in [0.2, 0.25) is 0 Å². The van der Waals surface area contributed by atoms with E-state index in [0.717, 1.165) is 49.3 Å². The number of aryl methyl sites for hydroxylation is 1. The first-order valence-corrected chi connectivity index (χ1v) is 10.3. The predicted octanol–water partition coefficient (Wildman–Crippen LogP) is 4.21. The molecule has 2 aromatic rings. The molecule has 0 fully saturated rings. The highest BCUT2D eigenvalue weighted by molar-refractivity contribution is 5.69. The smallest absolute Gasteiger partial charge is 0.305 e. The van der Waals surface area contributed by atoms with Gasteiger partial charge in [0.05, 0.1) is 18.9 Å². The van der Waals surface area contributed by atoms with Gasteiger partial charge in [0.1, 0.15) is 11.4 Å². The van der Waals surface area contributed by atoms with Gasteiger partial charge in [-0.15, -0.1) is 5.10 Å². The molecule has 0 saturated heterocycles. The Morgan fingerprint density at radius 3 is 2.79 bits per heavy atom. The van der Waals surface area contributed by atoms with Crippen molar-refractivity contribution in [2.24, 2.45) is 0 Å². The fourth-order valence-corrected chi connectivity index (χ4v) is 3.32. The topological polar surface area (TPSA) is 61.3 Å².